The zero-order chi connectivity index (χ0) is 14.3. The van der Waals surface area contributed by atoms with Crippen LogP contribution in [0.1, 0.15) is 13.8 Å². The Labute approximate surface area is 119 Å². The summed E-state index contributed by atoms with van der Waals surface area (Å²) in [5.74, 6) is 0.680. The van der Waals surface area contributed by atoms with E-state index in [9.17, 15) is 8.42 Å². The van der Waals surface area contributed by atoms with Crippen LogP contribution in [0.25, 0.3) is 0 Å². The predicted octanol–water partition coefficient (Wildman–Crippen LogP) is 2.58. The van der Waals surface area contributed by atoms with Crippen LogP contribution in [0.4, 0.5) is 0 Å². The lowest BCUT2D eigenvalue weighted by atomic mass is 10.4. The number of rotatable bonds is 8. The monoisotopic (exact) mass is 304 g/mol. The number of sulfone groups is 1. The van der Waals surface area contributed by atoms with Crippen LogP contribution in [0.5, 0.6) is 0 Å². The number of hydrogen-bond donors (Lipinski definition) is 0. The molecule has 0 saturated carbocycles. The highest BCUT2D eigenvalue weighted by Crippen LogP contribution is 2.22. The van der Waals surface area contributed by atoms with Crippen molar-refractivity contribution in [3.05, 3.63) is 24.3 Å². The minimum atomic E-state index is -3.13. The summed E-state index contributed by atoms with van der Waals surface area (Å²) in [6, 6.07) is 6.84. The Hall–Kier alpha value is -0.560. The fourth-order valence-corrected chi connectivity index (χ4v) is 2.94. The number of benzene rings is 1. The first kappa shape index (κ1) is 16.5. The predicted molar refractivity (Wildman–Crippen MR) is 77.3 cm³/mol. The van der Waals surface area contributed by atoms with Crippen molar-refractivity contribution in [2.24, 2.45) is 0 Å². The van der Waals surface area contributed by atoms with Crippen molar-refractivity contribution >= 4 is 21.6 Å². The Kier molecular flexibility index (Phi) is 6.85. The summed E-state index contributed by atoms with van der Waals surface area (Å²) in [7, 11) is -3.13. The summed E-state index contributed by atoms with van der Waals surface area (Å²) < 4.78 is 33.6. The number of thioether (sulfide) groups is 1. The maximum absolute atomic E-state index is 11.3. The van der Waals surface area contributed by atoms with Gasteiger partial charge in [0.2, 0.25) is 0 Å². The molecule has 0 spiro atoms. The van der Waals surface area contributed by atoms with Crippen LogP contribution in [-0.4, -0.2) is 39.9 Å². The van der Waals surface area contributed by atoms with Crippen molar-refractivity contribution < 1.29 is 17.9 Å². The molecule has 0 amide bonds. The second kappa shape index (κ2) is 7.89. The maximum Gasteiger partial charge on any atom is 0.175 e. The van der Waals surface area contributed by atoms with Crippen LogP contribution in [-0.2, 0) is 19.3 Å². The van der Waals surface area contributed by atoms with Crippen molar-refractivity contribution in [3.63, 3.8) is 0 Å². The smallest absolute Gasteiger partial charge is 0.175 e. The van der Waals surface area contributed by atoms with Gasteiger partial charge in [-0.15, -0.1) is 11.8 Å². The lowest BCUT2D eigenvalue weighted by molar-refractivity contribution is -0.120. The molecule has 1 rings (SSSR count). The minimum absolute atomic E-state index is 0.227. The molecule has 4 nitrogen and oxygen atoms in total. The van der Waals surface area contributed by atoms with Gasteiger partial charge < -0.3 is 9.47 Å². The van der Waals surface area contributed by atoms with Gasteiger partial charge in [-0.2, -0.15) is 0 Å². The van der Waals surface area contributed by atoms with Crippen molar-refractivity contribution in [2.45, 2.75) is 29.9 Å². The highest BCUT2D eigenvalue weighted by Gasteiger charge is 2.10. The Balaban J connectivity index is 2.58. The van der Waals surface area contributed by atoms with Crippen LogP contribution in [0, 0.1) is 0 Å². The van der Waals surface area contributed by atoms with E-state index < -0.39 is 9.84 Å². The van der Waals surface area contributed by atoms with Gasteiger partial charge in [-0.3, -0.25) is 0 Å². The molecule has 0 fully saturated rings. The summed E-state index contributed by atoms with van der Waals surface area (Å²) in [6.45, 7) is 5.08. The molecule has 0 aliphatic heterocycles. The molecule has 0 atom stereocenters. The molecule has 0 heterocycles. The highest BCUT2D eigenvalue weighted by molar-refractivity contribution is 7.99. The fourth-order valence-electron chi connectivity index (χ4n) is 1.46. The van der Waals surface area contributed by atoms with E-state index in [2.05, 4.69) is 0 Å². The van der Waals surface area contributed by atoms with Gasteiger partial charge in [-0.05, 0) is 38.1 Å². The molecule has 0 radical (unpaired) electrons. The van der Waals surface area contributed by atoms with E-state index in [1.807, 2.05) is 13.8 Å². The van der Waals surface area contributed by atoms with Gasteiger partial charge >= 0.3 is 0 Å². The van der Waals surface area contributed by atoms with Crippen molar-refractivity contribution in [1.82, 2.24) is 0 Å². The summed E-state index contributed by atoms with van der Waals surface area (Å²) >= 11 is 1.58. The molecular weight excluding hydrogens is 284 g/mol. The van der Waals surface area contributed by atoms with E-state index in [0.29, 0.717) is 23.9 Å². The third-order valence-electron chi connectivity index (χ3n) is 2.34. The Morgan fingerprint density at radius 1 is 1.11 bits per heavy atom. The molecule has 0 bridgehead atoms. The highest BCUT2D eigenvalue weighted by atomic mass is 32.2. The van der Waals surface area contributed by atoms with Crippen LogP contribution in [0.2, 0.25) is 0 Å². The SMILES string of the molecule is CCOC(CSc1ccc(S(C)(=O)=O)cc1)OCC. The largest absolute Gasteiger partial charge is 0.352 e. The maximum atomic E-state index is 11.3. The average molecular weight is 304 g/mol. The quantitative estimate of drug-likeness (QED) is 0.546. The second-order valence-electron chi connectivity index (χ2n) is 3.89. The Morgan fingerprint density at radius 2 is 1.63 bits per heavy atom. The van der Waals surface area contributed by atoms with Crippen molar-refractivity contribution in [1.29, 1.82) is 0 Å². The van der Waals surface area contributed by atoms with Crippen LogP contribution in [0.15, 0.2) is 34.1 Å². The number of ether oxygens (including phenoxy) is 2. The first-order valence-electron chi connectivity index (χ1n) is 6.13. The van der Waals surface area contributed by atoms with E-state index >= 15 is 0 Å². The summed E-state index contributed by atoms with van der Waals surface area (Å²) in [6.07, 6.45) is 0.976. The molecular formula is C13H20O4S2. The molecule has 0 unspecified atom stereocenters. The zero-order valence-electron chi connectivity index (χ0n) is 11.5. The van der Waals surface area contributed by atoms with Gasteiger partial charge in [-0.25, -0.2) is 8.42 Å². The van der Waals surface area contributed by atoms with Crippen LogP contribution >= 0.6 is 11.8 Å². The average Bonchev–Trinajstić information content (AvgIpc) is 2.36. The van der Waals surface area contributed by atoms with Gasteiger partial charge in [0.15, 0.2) is 16.1 Å². The standard InChI is InChI=1S/C13H20O4S2/c1-4-16-13(17-5-2)10-18-11-6-8-12(9-7-11)19(3,14)15/h6-9,13H,4-5,10H2,1-3H3. The van der Waals surface area contributed by atoms with Crippen molar-refractivity contribution in [2.75, 3.05) is 25.2 Å². The van der Waals surface area contributed by atoms with Gasteiger partial charge in [0.1, 0.15) is 0 Å². The van der Waals surface area contributed by atoms with E-state index in [0.717, 1.165) is 4.90 Å². The van der Waals surface area contributed by atoms with Gasteiger partial charge in [0, 0.05) is 30.1 Å². The zero-order valence-corrected chi connectivity index (χ0v) is 13.1. The molecule has 1 aromatic rings. The number of hydrogen-bond acceptors (Lipinski definition) is 5. The Bertz CT molecular complexity index is 462. The Morgan fingerprint density at radius 3 is 2.05 bits per heavy atom. The molecule has 0 saturated heterocycles. The second-order valence-corrected chi connectivity index (χ2v) is 7.00. The third-order valence-corrected chi connectivity index (χ3v) is 4.52. The molecule has 0 aromatic heterocycles. The van der Waals surface area contributed by atoms with Crippen molar-refractivity contribution in [3.8, 4) is 0 Å². The molecule has 0 aliphatic rings. The molecule has 1 aromatic carbocycles. The van der Waals surface area contributed by atoms with E-state index in [1.165, 1.54) is 6.26 Å². The van der Waals surface area contributed by atoms with E-state index in [4.69, 9.17) is 9.47 Å². The minimum Gasteiger partial charge on any atom is -0.352 e. The van der Waals surface area contributed by atoms with Gasteiger partial charge in [-0.1, -0.05) is 0 Å². The fraction of sp³-hybridized carbons (Fsp3) is 0.538. The normalized spacial score (nSPS) is 12.0. The summed E-state index contributed by atoms with van der Waals surface area (Å²) in [5.41, 5.74) is 0. The molecule has 6 heteroatoms. The third kappa shape index (κ3) is 5.95. The van der Waals surface area contributed by atoms with E-state index in [1.54, 1.807) is 36.0 Å². The van der Waals surface area contributed by atoms with E-state index in [-0.39, 0.29) is 6.29 Å². The molecule has 0 N–H and O–H groups in total. The lowest BCUT2D eigenvalue weighted by Gasteiger charge is -2.16. The summed E-state index contributed by atoms with van der Waals surface area (Å²) in [5, 5.41) is 0. The summed E-state index contributed by atoms with van der Waals surface area (Å²) in [4.78, 5) is 1.33. The molecule has 108 valence electrons. The molecule has 19 heavy (non-hydrogen) atoms. The molecule has 0 aliphatic carbocycles. The van der Waals surface area contributed by atoms with Crippen LogP contribution in [0.3, 0.4) is 0 Å². The lowest BCUT2D eigenvalue weighted by Crippen LogP contribution is -2.19. The van der Waals surface area contributed by atoms with Gasteiger partial charge in [0.25, 0.3) is 0 Å². The van der Waals surface area contributed by atoms with Crippen LogP contribution < -0.4 is 0 Å². The first-order valence-corrected chi connectivity index (χ1v) is 9.01. The topological polar surface area (TPSA) is 52.6 Å². The van der Waals surface area contributed by atoms with Gasteiger partial charge in [0.05, 0.1) is 4.90 Å². The first-order chi connectivity index (χ1) is 8.97.